The Morgan fingerprint density at radius 1 is 0.927 bits per heavy atom. The molecule has 0 aliphatic carbocycles. The van der Waals surface area contributed by atoms with Gasteiger partial charge in [-0.25, -0.2) is 0 Å². The lowest BCUT2D eigenvalue weighted by Gasteiger charge is -2.33. The predicted molar refractivity (Wildman–Crippen MR) is 153 cm³/mol. The summed E-state index contributed by atoms with van der Waals surface area (Å²) in [5.74, 6) is -1.62. The van der Waals surface area contributed by atoms with Crippen molar-refractivity contribution in [2.24, 2.45) is 0 Å². The van der Waals surface area contributed by atoms with Gasteiger partial charge in [-0.1, -0.05) is 30.3 Å². The molecule has 1 fully saturated rings. The number of phenols is 3. The van der Waals surface area contributed by atoms with Crippen LogP contribution in [0.4, 0.5) is 0 Å². The molecule has 10 nitrogen and oxygen atoms in total. The Balaban J connectivity index is 1.75. The van der Waals surface area contributed by atoms with Crippen molar-refractivity contribution in [2.45, 2.75) is 12.3 Å². The fraction of sp³-hybridized carbons (Fsp3) is 0.290. The molecule has 4 aromatic rings. The molecular formula is C31H32N2O8. The zero-order chi connectivity index (χ0) is 29.3. The van der Waals surface area contributed by atoms with Gasteiger partial charge in [0.1, 0.15) is 28.2 Å². The number of likely N-dealkylation sites (N-methyl/N-ethyl adjacent to an activating group) is 1. The van der Waals surface area contributed by atoms with Crippen molar-refractivity contribution in [3.05, 3.63) is 75.9 Å². The monoisotopic (exact) mass is 560 g/mol. The molecule has 1 aliphatic heterocycles. The fourth-order valence-electron chi connectivity index (χ4n) is 5.26. The Morgan fingerprint density at radius 2 is 1.56 bits per heavy atom. The van der Waals surface area contributed by atoms with Crippen molar-refractivity contribution in [1.29, 1.82) is 0 Å². The minimum absolute atomic E-state index is 0.0453. The van der Waals surface area contributed by atoms with Crippen LogP contribution < -0.4 is 14.9 Å². The molecule has 5 rings (SSSR count). The van der Waals surface area contributed by atoms with E-state index in [0.717, 1.165) is 19.2 Å². The Bertz CT molecular complexity index is 1620. The van der Waals surface area contributed by atoms with E-state index in [1.807, 2.05) is 13.1 Å². The molecule has 0 radical (unpaired) electrons. The van der Waals surface area contributed by atoms with Gasteiger partial charge in [0, 0.05) is 61.8 Å². The van der Waals surface area contributed by atoms with E-state index < -0.39 is 17.1 Å². The molecule has 1 aromatic heterocycles. The van der Waals surface area contributed by atoms with E-state index in [9.17, 15) is 24.9 Å². The number of piperazine rings is 1. The van der Waals surface area contributed by atoms with Crippen LogP contribution in [0, 0.1) is 0 Å². The molecular weight excluding hydrogens is 528 g/mol. The molecule has 10 heteroatoms. The third kappa shape index (κ3) is 5.38. The smallest absolute Gasteiger partial charge is 0.223 e. The van der Waals surface area contributed by atoms with Crippen molar-refractivity contribution >= 4 is 16.9 Å². The summed E-state index contributed by atoms with van der Waals surface area (Å²) in [5.41, 5.74) is 0.683. The van der Waals surface area contributed by atoms with Gasteiger partial charge in [0.25, 0.3) is 0 Å². The van der Waals surface area contributed by atoms with Gasteiger partial charge in [0.05, 0.1) is 14.2 Å². The third-order valence-corrected chi connectivity index (χ3v) is 7.54. The van der Waals surface area contributed by atoms with Crippen molar-refractivity contribution in [3.63, 3.8) is 0 Å². The lowest BCUT2D eigenvalue weighted by molar-refractivity contribution is -0.133. The van der Waals surface area contributed by atoms with Gasteiger partial charge in [0.2, 0.25) is 11.7 Å². The summed E-state index contributed by atoms with van der Waals surface area (Å²) >= 11 is 0. The first-order valence-corrected chi connectivity index (χ1v) is 13.2. The molecule has 1 saturated heterocycles. The zero-order valence-corrected chi connectivity index (χ0v) is 23.1. The van der Waals surface area contributed by atoms with E-state index in [1.165, 1.54) is 20.3 Å². The summed E-state index contributed by atoms with van der Waals surface area (Å²) in [6.45, 7) is 2.53. The quantitative estimate of drug-likeness (QED) is 0.308. The highest BCUT2D eigenvalue weighted by Crippen LogP contribution is 2.46. The summed E-state index contributed by atoms with van der Waals surface area (Å²) in [5, 5.41) is 32.4. The van der Waals surface area contributed by atoms with E-state index in [4.69, 9.17) is 13.9 Å². The number of hydrogen-bond donors (Lipinski definition) is 3. The number of fused-ring (bicyclic) bond motifs is 1. The summed E-state index contributed by atoms with van der Waals surface area (Å²) in [6.07, 6.45) is -0.104. The second kappa shape index (κ2) is 11.4. The van der Waals surface area contributed by atoms with Gasteiger partial charge in [-0.3, -0.25) is 9.59 Å². The van der Waals surface area contributed by atoms with E-state index in [-0.39, 0.29) is 57.6 Å². The average molecular weight is 561 g/mol. The van der Waals surface area contributed by atoms with Crippen LogP contribution in [0.15, 0.2) is 63.8 Å². The predicted octanol–water partition coefficient (Wildman–Crippen LogP) is 3.89. The van der Waals surface area contributed by atoms with Crippen LogP contribution in [0.1, 0.15) is 23.5 Å². The van der Waals surface area contributed by atoms with E-state index in [0.29, 0.717) is 24.2 Å². The SMILES string of the molecule is COc1cc([C@H](CC(=O)N2CCN(C)CC2)c2c(O)cc(O)c3c(=O)cc(-c4ccccc4)oc23)cc(OC)c1O. The number of nitrogens with zero attached hydrogens (tertiary/aromatic N) is 2. The number of rotatable bonds is 7. The highest BCUT2D eigenvalue weighted by molar-refractivity contribution is 5.91. The van der Waals surface area contributed by atoms with E-state index >= 15 is 0 Å². The molecule has 3 aromatic carbocycles. The van der Waals surface area contributed by atoms with Gasteiger partial charge in [-0.15, -0.1) is 0 Å². The number of benzene rings is 3. The van der Waals surface area contributed by atoms with Crippen molar-refractivity contribution < 1.29 is 34.0 Å². The number of amides is 1. The number of carbonyl (C=O) groups excluding carboxylic acids is 1. The number of ether oxygens (including phenoxy) is 2. The molecule has 0 unspecified atom stereocenters. The number of hydrogen-bond acceptors (Lipinski definition) is 9. The lowest BCUT2D eigenvalue weighted by Crippen LogP contribution is -2.47. The summed E-state index contributed by atoms with van der Waals surface area (Å²) in [4.78, 5) is 30.9. The highest BCUT2D eigenvalue weighted by Gasteiger charge is 2.31. The maximum atomic E-state index is 13.7. The number of phenolic OH excluding ortho intramolecular Hbond substituents is 3. The Morgan fingerprint density at radius 3 is 2.17 bits per heavy atom. The molecule has 2 heterocycles. The Labute approximate surface area is 236 Å². The summed E-state index contributed by atoms with van der Waals surface area (Å²) in [6, 6.07) is 14.5. The molecule has 0 saturated carbocycles. The van der Waals surface area contributed by atoms with Crippen LogP contribution in [-0.4, -0.2) is 78.5 Å². The zero-order valence-electron chi connectivity index (χ0n) is 23.1. The van der Waals surface area contributed by atoms with Crippen molar-refractivity contribution in [1.82, 2.24) is 9.80 Å². The van der Waals surface area contributed by atoms with Crippen molar-refractivity contribution in [2.75, 3.05) is 47.4 Å². The second-order valence-corrected chi connectivity index (χ2v) is 10.1. The topological polar surface area (TPSA) is 133 Å². The van der Waals surface area contributed by atoms with Crippen LogP contribution in [0.5, 0.6) is 28.7 Å². The van der Waals surface area contributed by atoms with Gasteiger partial charge in [0.15, 0.2) is 16.9 Å². The van der Waals surface area contributed by atoms with Gasteiger partial charge in [-0.05, 0) is 24.7 Å². The maximum absolute atomic E-state index is 13.7. The van der Waals surface area contributed by atoms with Crippen LogP contribution in [0.3, 0.4) is 0 Å². The molecule has 0 bridgehead atoms. The van der Waals surface area contributed by atoms with Gasteiger partial charge >= 0.3 is 0 Å². The average Bonchev–Trinajstić information content (AvgIpc) is 2.97. The van der Waals surface area contributed by atoms with Gasteiger partial charge < -0.3 is 39.0 Å². The Hall–Kier alpha value is -4.70. The number of aromatic hydroxyl groups is 3. The molecule has 3 N–H and O–H groups in total. The van der Waals surface area contributed by atoms with E-state index in [1.54, 1.807) is 41.3 Å². The van der Waals surface area contributed by atoms with Crippen LogP contribution in [0.2, 0.25) is 0 Å². The third-order valence-electron chi connectivity index (χ3n) is 7.54. The maximum Gasteiger partial charge on any atom is 0.223 e. The first kappa shape index (κ1) is 27.9. The van der Waals surface area contributed by atoms with Crippen molar-refractivity contribution in [3.8, 4) is 40.1 Å². The van der Waals surface area contributed by atoms with Crippen LogP contribution >= 0.6 is 0 Å². The largest absolute Gasteiger partial charge is 0.507 e. The minimum atomic E-state index is -0.872. The van der Waals surface area contributed by atoms with Crippen LogP contribution in [0.25, 0.3) is 22.3 Å². The molecule has 1 atom stereocenters. The highest BCUT2D eigenvalue weighted by atomic mass is 16.5. The van der Waals surface area contributed by atoms with Crippen LogP contribution in [-0.2, 0) is 4.79 Å². The molecule has 41 heavy (non-hydrogen) atoms. The normalized spacial score (nSPS) is 14.7. The number of carbonyl (C=O) groups is 1. The first-order valence-electron chi connectivity index (χ1n) is 13.2. The van der Waals surface area contributed by atoms with E-state index in [2.05, 4.69) is 4.90 Å². The first-order chi connectivity index (χ1) is 19.7. The summed E-state index contributed by atoms with van der Waals surface area (Å²) < 4.78 is 17.0. The fourth-order valence-corrected chi connectivity index (χ4v) is 5.26. The lowest BCUT2D eigenvalue weighted by atomic mass is 9.85. The molecule has 1 aliphatic rings. The molecule has 1 amide bonds. The van der Waals surface area contributed by atoms with Gasteiger partial charge in [-0.2, -0.15) is 0 Å². The summed E-state index contributed by atoms with van der Waals surface area (Å²) in [7, 11) is 4.77. The molecule has 214 valence electrons. The second-order valence-electron chi connectivity index (χ2n) is 10.1. The number of methoxy groups -OCH3 is 2. The minimum Gasteiger partial charge on any atom is -0.507 e. The Kier molecular flexibility index (Phi) is 7.76. The standard InChI is InChI=1S/C31H32N2O8/c1-32-9-11-33(12-10-32)27(37)15-20(19-13-25(39-2)30(38)26(14-19)40-3)28-21(34)16-22(35)29-23(36)17-24(41-31(28)29)18-7-5-4-6-8-18/h4-8,13-14,16-17,20,34-35,38H,9-12,15H2,1-3H3/t20-/m0/s1. The molecule has 0 spiro atoms.